The van der Waals surface area contributed by atoms with E-state index in [2.05, 4.69) is 21.2 Å². The Morgan fingerprint density at radius 2 is 1.58 bits per heavy atom. The van der Waals surface area contributed by atoms with Crippen molar-refractivity contribution in [2.24, 2.45) is 0 Å². The van der Waals surface area contributed by atoms with Crippen molar-refractivity contribution < 1.29 is 9.59 Å². The van der Waals surface area contributed by atoms with Crippen LogP contribution in [0.15, 0.2) is 85.1 Å². The molecule has 1 heterocycles. The standard InChI is InChI=1S/C24H21N5O2/c25-18-9-5-16(6-10-18)15-23(30)28-29-24(31)17-7-11-19(12-8-17)27-22-13-14-26-21-4-2-1-3-20(21)22/h1-14H,15,25H2,(H,26,27)(H,28,30)(H,29,31). The second-order valence-corrected chi connectivity index (χ2v) is 7.00. The van der Waals surface area contributed by atoms with Crippen molar-refractivity contribution in [3.05, 3.63) is 96.2 Å². The third kappa shape index (κ3) is 4.97. The Balaban J connectivity index is 1.34. The van der Waals surface area contributed by atoms with Gasteiger partial charge in [0, 0.05) is 34.2 Å². The van der Waals surface area contributed by atoms with E-state index >= 15 is 0 Å². The summed E-state index contributed by atoms with van der Waals surface area (Å²) in [5, 5.41) is 4.35. The van der Waals surface area contributed by atoms with E-state index in [0.29, 0.717) is 11.3 Å². The number of carbonyl (C=O) groups excluding carboxylic acids is 2. The Kier molecular flexibility index (Phi) is 5.75. The number of para-hydroxylation sites is 1. The van der Waals surface area contributed by atoms with Gasteiger partial charge >= 0.3 is 0 Å². The lowest BCUT2D eigenvalue weighted by molar-refractivity contribution is -0.121. The van der Waals surface area contributed by atoms with Gasteiger partial charge in [0.1, 0.15) is 0 Å². The lowest BCUT2D eigenvalue weighted by Crippen LogP contribution is -2.42. The molecule has 7 heteroatoms. The van der Waals surface area contributed by atoms with Gasteiger partial charge in [0.2, 0.25) is 5.91 Å². The number of nitrogen functional groups attached to an aromatic ring is 1. The zero-order valence-electron chi connectivity index (χ0n) is 16.6. The van der Waals surface area contributed by atoms with Crippen molar-refractivity contribution >= 4 is 39.8 Å². The van der Waals surface area contributed by atoms with Crippen LogP contribution in [0.4, 0.5) is 17.1 Å². The summed E-state index contributed by atoms with van der Waals surface area (Å²) in [6.45, 7) is 0. The predicted octanol–water partition coefficient (Wildman–Crippen LogP) is 3.56. The van der Waals surface area contributed by atoms with Crippen LogP contribution in [0.5, 0.6) is 0 Å². The molecule has 7 nitrogen and oxygen atoms in total. The van der Waals surface area contributed by atoms with Crippen molar-refractivity contribution in [2.75, 3.05) is 11.1 Å². The lowest BCUT2D eigenvalue weighted by atomic mass is 10.1. The number of fused-ring (bicyclic) bond motifs is 1. The molecule has 0 unspecified atom stereocenters. The molecule has 1 aromatic heterocycles. The largest absolute Gasteiger partial charge is 0.399 e. The minimum absolute atomic E-state index is 0.142. The number of hydrazine groups is 1. The summed E-state index contributed by atoms with van der Waals surface area (Å²) < 4.78 is 0. The smallest absolute Gasteiger partial charge is 0.269 e. The fourth-order valence-corrected chi connectivity index (χ4v) is 3.13. The van der Waals surface area contributed by atoms with E-state index in [4.69, 9.17) is 5.73 Å². The second-order valence-electron chi connectivity index (χ2n) is 7.00. The van der Waals surface area contributed by atoms with Gasteiger partial charge in [0.05, 0.1) is 11.9 Å². The van der Waals surface area contributed by atoms with Crippen molar-refractivity contribution in [3.8, 4) is 0 Å². The molecule has 4 aromatic rings. The van der Waals surface area contributed by atoms with Crippen molar-refractivity contribution in [1.82, 2.24) is 15.8 Å². The van der Waals surface area contributed by atoms with Crippen LogP contribution in [0.1, 0.15) is 15.9 Å². The summed E-state index contributed by atoms with van der Waals surface area (Å²) in [6, 6.07) is 23.8. The third-order valence-electron chi connectivity index (χ3n) is 4.73. The van der Waals surface area contributed by atoms with Gasteiger partial charge in [-0.25, -0.2) is 0 Å². The van der Waals surface area contributed by atoms with Crippen molar-refractivity contribution in [3.63, 3.8) is 0 Å². The average molecular weight is 411 g/mol. The highest BCUT2D eigenvalue weighted by Crippen LogP contribution is 2.24. The third-order valence-corrected chi connectivity index (χ3v) is 4.73. The molecule has 0 aliphatic carbocycles. The minimum Gasteiger partial charge on any atom is -0.399 e. The fraction of sp³-hybridized carbons (Fsp3) is 0.0417. The molecule has 2 amide bonds. The molecule has 0 aliphatic heterocycles. The number of carbonyl (C=O) groups is 2. The minimum atomic E-state index is -0.397. The maximum Gasteiger partial charge on any atom is 0.269 e. The van der Waals surface area contributed by atoms with Crippen LogP contribution < -0.4 is 21.9 Å². The molecule has 0 aliphatic rings. The Hall–Kier alpha value is -4.39. The van der Waals surface area contributed by atoms with Gasteiger partial charge in [-0.2, -0.15) is 0 Å². The average Bonchev–Trinajstić information content (AvgIpc) is 2.80. The molecule has 5 N–H and O–H groups in total. The normalized spacial score (nSPS) is 10.5. The maximum absolute atomic E-state index is 12.3. The van der Waals surface area contributed by atoms with Gasteiger partial charge in [-0.15, -0.1) is 0 Å². The number of rotatable bonds is 5. The maximum atomic E-state index is 12.3. The van der Waals surface area contributed by atoms with Gasteiger partial charge in [-0.05, 0) is 54.1 Å². The predicted molar refractivity (Wildman–Crippen MR) is 122 cm³/mol. The molecule has 0 radical (unpaired) electrons. The molecule has 154 valence electrons. The Bertz CT molecular complexity index is 1220. The highest BCUT2D eigenvalue weighted by atomic mass is 16.2. The summed E-state index contributed by atoms with van der Waals surface area (Å²) in [7, 11) is 0. The van der Waals surface area contributed by atoms with E-state index in [0.717, 1.165) is 27.8 Å². The summed E-state index contributed by atoms with van der Waals surface area (Å²) in [6.07, 6.45) is 1.89. The van der Waals surface area contributed by atoms with E-state index in [1.165, 1.54) is 0 Å². The number of benzene rings is 3. The molecule has 0 fully saturated rings. The summed E-state index contributed by atoms with van der Waals surface area (Å²) >= 11 is 0. The summed E-state index contributed by atoms with van der Waals surface area (Å²) in [5.74, 6) is -0.715. The van der Waals surface area contributed by atoms with Crippen LogP contribution in [0, 0.1) is 0 Å². The molecule has 0 spiro atoms. The van der Waals surface area contributed by atoms with Crippen LogP contribution in [0.25, 0.3) is 10.9 Å². The molecular weight excluding hydrogens is 390 g/mol. The first-order valence-corrected chi connectivity index (χ1v) is 9.73. The Labute approximate surface area is 179 Å². The number of aromatic nitrogens is 1. The van der Waals surface area contributed by atoms with Crippen LogP contribution in [0.3, 0.4) is 0 Å². The quantitative estimate of drug-likeness (QED) is 0.297. The first-order valence-electron chi connectivity index (χ1n) is 9.73. The van der Waals surface area contributed by atoms with Crippen LogP contribution >= 0.6 is 0 Å². The molecule has 31 heavy (non-hydrogen) atoms. The first kappa shape index (κ1) is 19.9. The van der Waals surface area contributed by atoms with Gasteiger partial charge in [-0.3, -0.25) is 25.4 Å². The molecule has 0 saturated heterocycles. The molecular formula is C24H21N5O2. The van der Waals surface area contributed by atoms with Crippen LogP contribution in [-0.4, -0.2) is 16.8 Å². The first-order chi connectivity index (χ1) is 15.1. The van der Waals surface area contributed by atoms with E-state index in [-0.39, 0.29) is 12.3 Å². The zero-order valence-corrected chi connectivity index (χ0v) is 16.6. The monoisotopic (exact) mass is 411 g/mol. The number of amides is 2. The number of pyridine rings is 1. The number of nitrogens with two attached hydrogens (primary N) is 1. The number of hydrogen-bond donors (Lipinski definition) is 4. The van der Waals surface area contributed by atoms with Gasteiger partial charge in [0.25, 0.3) is 5.91 Å². The van der Waals surface area contributed by atoms with Crippen LogP contribution in [0.2, 0.25) is 0 Å². The van der Waals surface area contributed by atoms with E-state index in [1.807, 2.05) is 30.3 Å². The highest BCUT2D eigenvalue weighted by molar-refractivity contribution is 5.96. The van der Waals surface area contributed by atoms with Gasteiger partial charge in [-0.1, -0.05) is 30.3 Å². The molecule has 0 bridgehead atoms. The SMILES string of the molecule is Nc1ccc(CC(=O)NNC(=O)c2ccc(Nc3ccnc4ccccc34)cc2)cc1. The van der Waals surface area contributed by atoms with Crippen molar-refractivity contribution in [1.29, 1.82) is 0 Å². The molecule has 0 atom stereocenters. The van der Waals surface area contributed by atoms with Gasteiger partial charge < -0.3 is 11.1 Å². The van der Waals surface area contributed by atoms with E-state index in [9.17, 15) is 9.59 Å². The summed E-state index contributed by atoms with van der Waals surface area (Å²) in [4.78, 5) is 28.7. The topological polar surface area (TPSA) is 109 Å². The Morgan fingerprint density at radius 1 is 0.839 bits per heavy atom. The Morgan fingerprint density at radius 3 is 2.35 bits per heavy atom. The number of hydrogen-bond acceptors (Lipinski definition) is 5. The second kappa shape index (κ2) is 8.96. The summed E-state index contributed by atoms with van der Waals surface area (Å²) in [5.41, 5.74) is 15.0. The molecule has 4 rings (SSSR count). The number of nitrogens with one attached hydrogen (secondary N) is 3. The van der Waals surface area contributed by atoms with Crippen LogP contribution in [-0.2, 0) is 11.2 Å². The van der Waals surface area contributed by atoms with Crippen molar-refractivity contribution in [2.45, 2.75) is 6.42 Å². The van der Waals surface area contributed by atoms with E-state index in [1.54, 1.807) is 54.7 Å². The highest BCUT2D eigenvalue weighted by Gasteiger charge is 2.09. The number of nitrogens with zero attached hydrogens (tertiary/aromatic N) is 1. The zero-order chi connectivity index (χ0) is 21.6. The fourth-order valence-electron chi connectivity index (χ4n) is 3.13. The number of anilines is 3. The van der Waals surface area contributed by atoms with Gasteiger partial charge in [0.15, 0.2) is 0 Å². The van der Waals surface area contributed by atoms with E-state index < -0.39 is 5.91 Å². The lowest BCUT2D eigenvalue weighted by Gasteiger charge is -2.11. The molecule has 3 aromatic carbocycles. The molecule has 0 saturated carbocycles.